The molecule has 1 aromatic heterocycles. The van der Waals surface area contributed by atoms with Gasteiger partial charge in [-0.1, -0.05) is 30.3 Å². The van der Waals surface area contributed by atoms with Gasteiger partial charge in [-0.25, -0.2) is 13.4 Å². The standard InChI is InChI=1S/C14H18N2O2S2/c1-10(20(2,17)18)14-16-13(12(19-14)8-9-15)11-6-4-3-5-7-11/h3-7,10H,8-9,15H2,1-2H3. The minimum Gasteiger partial charge on any atom is -0.330 e. The number of rotatable bonds is 5. The molecular weight excluding hydrogens is 292 g/mol. The predicted molar refractivity (Wildman–Crippen MR) is 83.6 cm³/mol. The monoisotopic (exact) mass is 310 g/mol. The summed E-state index contributed by atoms with van der Waals surface area (Å²) in [7, 11) is -3.14. The summed E-state index contributed by atoms with van der Waals surface area (Å²) in [6.45, 7) is 2.20. The van der Waals surface area contributed by atoms with Gasteiger partial charge >= 0.3 is 0 Å². The van der Waals surface area contributed by atoms with E-state index < -0.39 is 15.1 Å². The van der Waals surface area contributed by atoms with Crippen molar-refractivity contribution in [2.45, 2.75) is 18.6 Å². The molecule has 0 aliphatic rings. The quantitative estimate of drug-likeness (QED) is 0.920. The van der Waals surface area contributed by atoms with Crippen LogP contribution in [0.2, 0.25) is 0 Å². The molecule has 0 radical (unpaired) electrons. The van der Waals surface area contributed by atoms with Crippen molar-refractivity contribution in [1.29, 1.82) is 0 Å². The highest BCUT2D eigenvalue weighted by atomic mass is 32.2. The van der Waals surface area contributed by atoms with Crippen molar-refractivity contribution >= 4 is 21.2 Å². The number of sulfone groups is 1. The molecule has 108 valence electrons. The normalized spacial score (nSPS) is 13.3. The van der Waals surface area contributed by atoms with E-state index in [0.717, 1.165) is 16.1 Å². The molecule has 0 saturated heterocycles. The summed E-state index contributed by atoms with van der Waals surface area (Å²) in [5.41, 5.74) is 7.49. The summed E-state index contributed by atoms with van der Waals surface area (Å²) in [6, 6.07) is 9.79. The number of hydrogen-bond donors (Lipinski definition) is 1. The Kier molecular flexibility index (Phi) is 4.57. The maximum Gasteiger partial charge on any atom is 0.156 e. The first-order valence-electron chi connectivity index (χ1n) is 6.37. The highest BCUT2D eigenvalue weighted by Gasteiger charge is 2.23. The fourth-order valence-electron chi connectivity index (χ4n) is 1.85. The molecule has 1 heterocycles. The molecule has 0 fully saturated rings. The molecule has 0 aliphatic heterocycles. The largest absolute Gasteiger partial charge is 0.330 e. The summed E-state index contributed by atoms with van der Waals surface area (Å²) < 4.78 is 23.4. The second-order valence-corrected chi connectivity index (χ2v) is 8.18. The van der Waals surface area contributed by atoms with Crippen LogP contribution in [-0.2, 0) is 16.3 Å². The van der Waals surface area contributed by atoms with Gasteiger partial charge in [0.1, 0.15) is 10.3 Å². The van der Waals surface area contributed by atoms with Crippen LogP contribution < -0.4 is 5.73 Å². The van der Waals surface area contributed by atoms with Crippen LogP contribution in [0.15, 0.2) is 30.3 Å². The molecule has 0 aliphatic carbocycles. The van der Waals surface area contributed by atoms with Gasteiger partial charge in [0.25, 0.3) is 0 Å². The summed E-state index contributed by atoms with van der Waals surface area (Å²) in [5, 5.41) is 0.0521. The average molecular weight is 310 g/mol. The maximum atomic E-state index is 11.7. The van der Waals surface area contributed by atoms with Gasteiger partial charge < -0.3 is 5.73 Å². The van der Waals surface area contributed by atoms with E-state index in [4.69, 9.17) is 5.73 Å². The van der Waals surface area contributed by atoms with Crippen molar-refractivity contribution < 1.29 is 8.42 Å². The molecule has 1 atom stereocenters. The average Bonchev–Trinajstić information content (AvgIpc) is 2.82. The third kappa shape index (κ3) is 3.26. The Morgan fingerprint density at radius 1 is 1.30 bits per heavy atom. The third-order valence-corrected chi connectivity index (χ3v) is 6.08. The summed E-state index contributed by atoms with van der Waals surface area (Å²) in [4.78, 5) is 5.59. The van der Waals surface area contributed by atoms with Crippen LogP contribution in [0, 0.1) is 0 Å². The van der Waals surface area contributed by atoms with Crippen LogP contribution in [0.4, 0.5) is 0 Å². The van der Waals surface area contributed by atoms with Gasteiger partial charge in [0.2, 0.25) is 0 Å². The van der Waals surface area contributed by atoms with E-state index in [1.54, 1.807) is 6.92 Å². The van der Waals surface area contributed by atoms with Gasteiger partial charge in [0.05, 0.1) is 5.69 Å². The molecule has 0 saturated carbocycles. The van der Waals surface area contributed by atoms with Gasteiger partial charge in [-0.3, -0.25) is 0 Å². The lowest BCUT2D eigenvalue weighted by molar-refractivity contribution is 0.592. The van der Waals surface area contributed by atoms with Crippen LogP contribution in [0.3, 0.4) is 0 Å². The molecule has 1 unspecified atom stereocenters. The van der Waals surface area contributed by atoms with Gasteiger partial charge in [0.15, 0.2) is 9.84 Å². The number of thiazole rings is 1. The van der Waals surface area contributed by atoms with Gasteiger partial charge in [-0.05, 0) is 19.9 Å². The zero-order chi connectivity index (χ0) is 14.8. The molecule has 2 aromatic rings. The molecule has 0 amide bonds. The van der Waals surface area contributed by atoms with Crippen molar-refractivity contribution in [1.82, 2.24) is 4.98 Å². The van der Waals surface area contributed by atoms with Crippen molar-refractivity contribution in [3.63, 3.8) is 0 Å². The Hall–Kier alpha value is -1.24. The van der Waals surface area contributed by atoms with E-state index in [1.807, 2.05) is 30.3 Å². The second kappa shape index (κ2) is 6.03. The topological polar surface area (TPSA) is 73.0 Å². The first-order valence-corrected chi connectivity index (χ1v) is 9.14. The van der Waals surface area contributed by atoms with E-state index in [2.05, 4.69) is 4.98 Å². The Bertz CT molecular complexity index is 678. The lowest BCUT2D eigenvalue weighted by atomic mass is 10.1. The van der Waals surface area contributed by atoms with E-state index in [0.29, 0.717) is 18.0 Å². The highest BCUT2D eigenvalue weighted by Crippen LogP contribution is 2.33. The molecule has 20 heavy (non-hydrogen) atoms. The van der Waals surface area contributed by atoms with Crippen molar-refractivity contribution in [2.24, 2.45) is 5.73 Å². The molecule has 4 nitrogen and oxygen atoms in total. The van der Waals surface area contributed by atoms with E-state index >= 15 is 0 Å². The number of benzene rings is 1. The first-order chi connectivity index (χ1) is 9.43. The number of nitrogens with two attached hydrogens (primary N) is 1. The highest BCUT2D eigenvalue weighted by molar-refractivity contribution is 7.91. The number of nitrogens with zero attached hydrogens (tertiary/aromatic N) is 1. The van der Waals surface area contributed by atoms with E-state index in [9.17, 15) is 8.42 Å². The fraction of sp³-hybridized carbons (Fsp3) is 0.357. The Morgan fingerprint density at radius 2 is 1.95 bits per heavy atom. The zero-order valence-electron chi connectivity index (χ0n) is 11.5. The number of aromatic nitrogens is 1. The molecular formula is C14H18N2O2S2. The molecule has 0 spiro atoms. The predicted octanol–water partition coefficient (Wildman–Crippen LogP) is 2.42. The van der Waals surface area contributed by atoms with Crippen LogP contribution >= 0.6 is 11.3 Å². The van der Waals surface area contributed by atoms with Gasteiger partial charge in [-0.15, -0.1) is 11.3 Å². The number of hydrogen-bond acceptors (Lipinski definition) is 5. The SMILES string of the molecule is CC(c1nc(-c2ccccc2)c(CCN)s1)S(C)(=O)=O. The molecule has 2 N–H and O–H groups in total. The smallest absolute Gasteiger partial charge is 0.156 e. The van der Waals surface area contributed by atoms with Crippen LogP contribution in [-0.4, -0.2) is 26.2 Å². The summed E-state index contributed by atoms with van der Waals surface area (Å²) in [5.74, 6) is 0. The molecule has 6 heteroatoms. The lowest BCUT2D eigenvalue weighted by Crippen LogP contribution is -2.07. The fourth-order valence-corrected chi connectivity index (χ4v) is 3.97. The van der Waals surface area contributed by atoms with Gasteiger partial charge in [0, 0.05) is 16.7 Å². The van der Waals surface area contributed by atoms with Crippen LogP contribution in [0.5, 0.6) is 0 Å². The summed E-state index contributed by atoms with van der Waals surface area (Å²) in [6.07, 6.45) is 1.95. The van der Waals surface area contributed by atoms with Crippen LogP contribution in [0.1, 0.15) is 22.1 Å². The van der Waals surface area contributed by atoms with Gasteiger partial charge in [-0.2, -0.15) is 0 Å². The minimum atomic E-state index is -3.14. The Balaban J connectivity index is 2.49. The summed E-state index contributed by atoms with van der Waals surface area (Å²) >= 11 is 1.44. The Morgan fingerprint density at radius 3 is 2.50 bits per heavy atom. The van der Waals surface area contributed by atoms with Crippen molar-refractivity contribution in [2.75, 3.05) is 12.8 Å². The molecule has 2 rings (SSSR count). The second-order valence-electron chi connectivity index (χ2n) is 4.70. The Labute approximate surface area is 123 Å². The first kappa shape index (κ1) is 15.2. The third-order valence-electron chi connectivity index (χ3n) is 3.12. The zero-order valence-corrected chi connectivity index (χ0v) is 13.2. The van der Waals surface area contributed by atoms with Crippen molar-refractivity contribution in [3.8, 4) is 11.3 Å². The van der Waals surface area contributed by atoms with E-state index in [1.165, 1.54) is 17.6 Å². The molecule has 0 bridgehead atoms. The van der Waals surface area contributed by atoms with Crippen LogP contribution in [0.25, 0.3) is 11.3 Å². The van der Waals surface area contributed by atoms with Crippen molar-refractivity contribution in [3.05, 3.63) is 40.2 Å². The van der Waals surface area contributed by atoms with E-state index in [-0.39, 0.29) is 0 Å². The maximum absolute atomic E-state index is 11.7. The minimum absolute atomic E-state index is 0.523. The lowest BCUT2D eigenvalue weighted by Gasteiger charge is -2.04. The molecule has 1 aromatic carbocycles.